The van der Waals surface area contributed by atoms with Crippen molar-refractivity contribution in [3.8, 4) is 0 Å². The molecule has 0 saturated heterocycles. The average molecular weight is 597 g/mol. The molecule has 0 bridgehead atoms. The Morgan fingerprint density at radius 3 is 1.65 bits per heavy atom. The molecule has 3 rings (SSSR count). The Hall–Kier alpha value is -2.58. The van der Waals surface area contributed by atoms with Crippen LogP contribution in [0.15, 0.2) is 40.1 Å². The lowest BCUT2D eigenvalue weighted by atomic mass is 9.83. The number of hydrogen-bond donors (Lipinski definition) is 2. The van der Waals surface area contributed by atoms with Gasteiger partial charge in [-0.3, -0.25) is 18.7 Å². The van der Waals surface area contributed by atoms with Gasteiger partial charge >= 0.3 is 20.6 Å². The van der Waals surface area contributed by atoms with E-state index in [4.69, 9.17) is 0 Å². The maximum Gasteiger partial charge on any atom is 0.349 e. The molecule has 2 aromatic rings. The van der Waals surface area contributed by atoms with E-state index in [1.54, 1.807) is 6.92 Å². The molecule has 18 heteroatoms. The first-order chi connectivity index (χ1) is 16.8. The highest BCUT2D eigenvalue weighted by Crippen LogP contribution is 2.37. The SMILES string of the molecule is CCCc1cc2c(c(S(=O)(=O)N(C)S(=O)(=O)O)c1)C(=O)c1cccc(S(=O)(=O)N(C)S(=O)(=O)O)c1C2=O. The topological polar surface area (TPSA) is 218 Å². The molecule has 0 aliphatic heterocycles. The highest BCUT2D eigenvalue weighted by molar-refractivity contribution is 8.02. The first-order valence-corrected chi connectivity index (χ1v) is 15.8. The fourth-order valence-corrected chi connectivity index (χ4v) is 8.18. The van der Waals surface area contributed by atoms with Crippen LogP contribution >= 0.6 is 0 Å². The smallest absolute Gasteiger partial charge is 0.289 e. The molecule has 1 aliphatic rings. The number of aryl methyl sites for hydroxylation is 1. The van der Waals surface area contributed by atoms with E-state index in [2.05, 4.69) is 0 Å². The molecule has 0 heterocycles. The number of nitrogens with zero attached hydrogens (tertiary/aromatic N) is 2. The number of benzene rings is 2. The van der Waals surface area contributed by atoms with Crippen molar-refractivity contribution in [2.24, 2.45) is 0 Å². The Labute approximate surface area is 213 Å². The fraction of sp³-hybridized carbons (Fsp3) is 0.263. The van der Waals surface area contributed by atoms with E-state index in [9.17, 15) is 52.4 Å². The van der Waals surface area contributed by atoms with Crippen molar-refractivity contribution in [2.75, 3.05) is 14.1 Å². The Balaban J connectivity index is 2.43. The van der Waals surface area contributed by atoms with Crippen LogP contribution in [0.3, 0.4) is 0 Å². The molecule has 0 radical (unpaired) electrons. The molecule has 0 fully saturated rings. The van der Waals surface area contributed by atoms with Gasteiger partial charge in [0.05, 0.1) is 20.9 Å². The van der Waals surface area contributed by atoms with Gasteiger partial charge in [-0.1, -0.05) is 32.9 Å². The standard InChI is InChI=1S/C19H20N2O12S4/c1-4-6-11-9-13-17(15(10-11)35(26,27)21(3)37(31,32)33)18(22)12-7-5-8-14(16(12)19(13)23)34(24,25)20(2)36(28,29)30/h5,7-10H,4,6H2,1-3H3,(H,28,29,30)(H,31,32,33). The van der Waals surface area contributed by atoms with E-state index in [1.807, 2.05) is 0 Å². The molecule has 202 valence electrons. The number of fused-ring (bicyclic) bond motifs is 2. The van der Waals surface area contributed by atoms with Crippen molar-refractivity contribution >= 4 is 52.2 Å². The zero-order valence-electron chi connectivity index (χ0n) is 19.3. The van der Waals surface area contributed by atoms with E-state index in [0.29, 0.717) is 20.5 Å². The fourth-order valence-electron chi connectivity index (χ4n) is 3.69. The normalized spacial score (nSPS) is 14.7. The summed E-state index contributed by atoms with van der Waals surface area (Å²) in [5, 5.41) is 0. The highest BCUT2D eigenvalue weighted by Gasteiger charge is 2.43. The van der Waals surface area contributed by atoms with Crippen molar-refractivity contribution in [3.63, 3.8) is 0 Å². The summed E-state index contributed by atoms with van der Waals surface area (Å²) in [5.41, 5.74) is -2.55. The summed E-state index contributed by atoms with van der Waals surface area (Å²) in [7, 11) is -19.8. The minimum atomic E-state index is -5.32. The van der Waals surface area contributed by atoms with E-state index < -0.39 is 88.0 Å². The molecule has 37 heavy (non-hydrogen) atoms. The first kappa shape index (κ1) is 29.0. The molecule has 2 aromatic carbocycles. The number of carbonyl (C=O) groups excluding carboxylic acids is 2. The number of ketones is 2. The van der Waals surface area contributed by atoms with Crippen molar-refractivity contribution in [1.82, 2.24) is 7.42 Å². The quantitative estimate of drug-likeness (QED) is 0.335. The average Bonchev–Trinajstić information content (AvgIpc) is 2.79. The second kappa shape index (κ2) is 9.31. The van der Waals surface area contributed by atoms with Gasteiger partial charge in [0.2, 0.25) is 0 Å². The van der Waals surface area contributed by atoms with Crippen LogP contribution in [0.25, 0.3) is 0 Å². The number of hydrogen-bond acceptors (Lipinski definition) is 10. The van der Waals surface area contributed by atoms with Crippen LogP contribution in [0.5, 0.6) is 0 Å². The summed E-state index contributed by atoms with van der Waals surface area (Å²) in [6, 6.07) is 4.93. The zero-order valence-corrected chi connectivity index (χ0v) is 22.6. The molecule has 0 aromatic heterocycles. The number of rotatable bonds is 8. The maximum absolute atomic E-state index is 13.6. The van der Waals surface area contributed by atoms with Gasteiger partial charge in [-0.25, -0.2) is 16.8 Å². The molecule has 0 amide bonds. The third-order valence-electron chi connectivity index (χ3n) is 5.55. The largest absolute Gasteiger partial charge is 0.349 e. The van der Waals surface area contributed by atoms with Crippen LogP contribution in [-0.4, -0.2) is 75.9 Å². The third kappa shape index (κ3) is 4.86. The highest BCUT2D eigenvalue weighted by atomic mass is 32.3. The number of sulfonamides is 2. The molecular formula is C19H20N2O12S4. The Morgan fingerprint density at radius 2 is 1.16 bits per heavy atom. The van der Waals surface area contributed by atoms with Gasteiger partial charge in [0, 0.05) is 25.2 Å². The van der Waals surface area contributed by atoms with Crippen LogP contribution < -0.4 is 0 Å². The van der Waals surface area contributed by atoms with E-state index in [0.717, 1.165) is 30.3 Å². The van der Waals surface area contributed by atoms with Crippen LogP contribution in [-0.2, 0) is 47.1 Å². The predicted octanol–water partition coefficient (Wildman–Crippen LogP) is 0.261. The summed E-state index contributed by atoms with van der Waals surface area (Å²) >= 11 is 0. The van der Waals surface area contributed by atoms with Crippen molar-refractivity contribution in [1.29, 1.82) is 0 Å². The van der Waals surface area contributed by atoms with Crippen molar-refractivity contribution in [2.45, 2.75) is 29.6 Å². The molecule has 1 aliphatic carbocycles. The summed E-state index contributed by atoms with van der Waals surface area (Å²) in [6.45, 7) is 1.70. The second-order valence-electron chi connectivity index (χ2n) is 7.83. The Kier molecular flexibility index (Phi) is 7.29. The minimum Gasteiger partial charge on any atom is -0.289 e. The van der Waals surface area contributed by atoms with Gasteiger partial charge in [0.1, 0.15) is 0 Å². The van der Waals surface area contributed by atoms with Gasteiger partial charge in [0.25, 0.3) is 20.0 Å². The Morgan fingerprint density at radius 1 is 0.703 bits per heavy atom. The van der Waals surface area contributed by atoms with Gasteiger partial charge in [-0.2, -0.15) is 16.8 Å². The van der Waals surface area contributed by atoms with E-state index in [-0.39, 0.29) is 15.7 Å². The van der Waals surface area contributed by atoms with E-state index in [1.165, 1.54) is 0 Å². The summed E-state index contributed by atoms with van der Waals surface area (Å²) in [4.78, 5) is 25.2. The number of carbonyl (C=O) groups is 2. The van der Waals surface area contributed by atoms with Gasteiger partial charge in [0.15, 0.2) is 11.6 Å². The van der Waals surface area contributed by atoms with Crippen LogP contribution in [0.4, 0.5) is 0 Å². The maximum atomic E-state index is 13.6. The van der Waals surface area contributed by atoms with Crippen LogP contribution in [0, 0.1) is 0 Å². The van der Waals surface area contributed by atoms with Crippen LogP contribution in [0.1, 0.15) is 50.8 Å². The summed E-state index contributed by atoms with van der Waals surface area (Å²) in [5.74, 6) is -2.35. The molecule has 0 spiro atoms. The molecule has 0 unspecified atom stereocenters. The molecular weight excluding hydrogens is 576 g/mol. The Bertz CT molecular complexity index is 1780. The molecule has 14 nitrogen and oxygen atoms in total. The predicted molar refractivity (Wildman–Crippen MR) is 127 cm³/mol. The lowest BCUT2D eigenvalue weighted by Gasteiger charge is -2.25. The van der Waals surface area contributed by atoms with Gasteiger partial charge < -0.3 is 0 Å². The van der Waals surface area contributed by atoms with Crippen molar-refractivity contribution in [3.05, 3.63) is 58.1 Å². The zero-order chi connectivity index (χ0) is 28.3. The minimum absolute atomic E-state index is 0.158. The third-order valence-corrected chi connectivity index (χ3v) is 12.3. The second-order valence-corrected chi connectivity index (χ2v) is 15.1. The first-order valence-electron chi connectivity index (χ1n) is 10.1. The van der Waals surface area contributed by atoms with E-state index >= 15 is 0 Å². The monoisotopic (exact) mass is 596 g/mol. The molecule has 0 saturated carbocycles. The lowest BCUT2D eigenvalue weighted by molar-refractivity contribution is 0.0974. The summed E-state index contributed by atoms with van der Waals surface area (Å²) in [6.07, 6.45) is 0.578. The van der Waals surface area contributed by atoms with Gasteiger partial charge in [-0.15, -0.1) is 0 Å². The summed E-state index contributed by atoms with van der Waals surface area (Å²) < 4.78 is 116. The molecule has 2 N–H and O–H groups in total. The molecule has 0 atom stereocenters. The lowest BCUT2D eigenvalue weighted by Crippen LogP contribution is -2.36. The van der Waals surface area contributed by atoms with Crippen LogP contribution in [0.2, 0.25) is 0 Å². The van der Waals surface area contributed by atoms with Crippen molar-refractivity contribution < 1.29 is 52.4 Å². The van der Waals surface area contributed by atoms with Gasteiger partial charge in [-0.05, 0) is 30.2 Å².